The fourth-order valence-electron chi connectivity index (χ4n) is 3.84. The monoisotopic (exact) mass is 506 g/mol. The number of thiophene rings is 1. The molecule has 0 unspecified atom stereocenters. The highest BCUT2D eigenvalue weighted by molar-refractivity contribution is 9.10. The third kappa shape index (κ3) is 4.47. The molecule has 2 aromatic rings. The van der Waals surface area contributed by atoms with Crippen LogP contribution in [0.1, 0.15) is 38.1 Å². The summed E-state index contributed by atoms with van der Waals surface area (Å²) in [5.74, 6) is 0.246. The second-order valence-corrected chi connectivity index (χ2v) is 10.7. The van der Waals surface area contributed by atoms with Gasteiger partial charge in [0, 0.05) is 43.3 Å². The third-order valence-corrected chi connectivity index (χ3v) is 7.49. The summed E-state index contributed by atoms with van der Waals surface area (Å²) in [4.78, 5) is 39.6. The zero-order valence-corrected chi connectivity index (χ0v) is 20.6. The van der Waals surface area contributed by atoms with Crippen molar-refractivity contribution in [3.05, 3.63) is 27.2 Å². The maximum absolute atomic E-state index is 12.3. The number of rotatable bonds is 6. The second-order valence-electron chi connectivity index (χ2n) is 8.70. The van der Waals surface area contributed by atoms with Crippen LogP contribution in [0.4, 0.5) is 10.7 Å². The Bertz CT molecular complexity index is 1020. The predicted octanol–water partition coefficient (Wildman–Crippen LogP) is 3.48. The number of nitrogens with zero attached hydrogens (tertiary/aromatic N) is 4. The fraction of sp³-hybridized carbons (Fsp3) is 0.524. The highest BCUT2D eigenvalue weighted by atomic mass is 79.9. The molecular formula is C21H27BrN6O2S. The highest BCUT2D eigenvalue weighted by Crippen LogP contribution is 2.37. The number of anilines is 1. The number of hydrogen-bond acceptors (Lipinski definition) is 7. The summed E-state index contributed by atoms with van der Waals surface area (Å²) >= 11 is 5.37. The Morgan fingerprint density at radius 3 is 2.81 bits per heavy atom. The number of amides is 3. The van der Waals surface area contributed by atoms with E-state index in [1.165, 1.54) is 15.3 Å². The number of urea groups is 1. The molecule has 0 radical (unpaired) electrons. The number of hydrogen-bond donors (Lipinski definition) is 2. The lowest BCUT2D eigenvalue weighted by Crippen LogP contribution is -2.40. The zero-order chi connectivity index (χ0) is 22.3. The predicted molar refractivity (Wildman–Crippen MR) is 125 cm³/mol. The average molecular weight is 507 g/mol. The Morgan fingerprint density at radius 1 is 1.35 bits per heavy atom. The molecule has 3 amide bonds. The molecule has 4 heterocycles. The van der Waals surface area contributed by atoms with Crippen LogP contribution in [0.5, 0.6) is 0 Å². The molecule has 2 aromatic heterocycles. The average Bonchev–Trinajstić information content (AvgIpc) is 3.21. The van der Waals surface area contributed by atoms with Gasteiger partial charge in [-0.1, -0.05) is 0 Å². The van der Waals surface area contributed by atoms with Crippen molar-refractivity contribution in [2.75, 3.05) is 25.0 Å². The molecule has 0 spiro atoms. The van der Waals surface area contributed by atoms with Crippen molar-refractivity contribution in [3.8, 4) is 10.6 Å². The largest absolute Gasteiger partial charge is 0.352 e. The van der Waals surface area contributed by atoms with Gasteiger partial charge in [-0.05, 0) is 61.7 Å². The molecule has 2 aliphatic rings. The Balaban J connectivity index is 1.45. The molecule has 31 heavy (non-hydrogen) atoms. The first-order chi connectivity index (χ1) is 14.7. The van der Waals surface area contributed by atoms with Crippen molar-refractivity contribution < 1.29 is 9.59 Å². The number of carbonyl (C=O) groups is 2. The molecule has 166 valence electrons. The minimum Gasteiger partial charge on any atom is -0.352 e. The van der Waals surface area contributed by atoms with E-state index < -0.39 is 5.54 Å². The number of nitrogens with one attached hydrogen (secondary N) is 2. The van der Waals surface area contributed by atoms with Crippen LogP contribution in [0.25, 0.3) is 10.6 Å². The maximum atomic E-state index is 12.3. The number of aromatic nitrogens is 2. The molecule has 8 nitrogen and oxygen atoms in total. The third-order valence-electron chi connectivity index (χ3n) is 5.67. The van der Waals surface area contributed by atoms with Crippen LogP contribution < -0.4 is 10.6 Å². The molecule has 0 aliphatic carbocycles. The number of carbonyl (C=O) groups excluding carboxylic acids is 2. The number of halogens is 1. The summed E-state index contributed by atoms with van der Waals surface area (Å²) in [6, 6.07) is 2.41. The molecule has 1 fully saturated rings. The summed E-state index contributed by atoms with van der Waals surface area (Å²) < 4.78 is 0.841. The van der Waals surface area contributed by atoms with E-state index in [-0.39, 0.29) is 18.5 Å². The maximum Gasteiger partial charge on any atom is 0.325 e. The van der Waals surface area contributed by atoms with Crippen LogP contribution >= 0.6 is 27.3 Å². The van der Waals surface area contributed by atoms with Crippen LogP contribution in [0.2, 0.25) is 0 Å². The van der Waals surface area contributed by atoms with Gasteiger partial charge in [0.1, 0.15) is 5.54 Å². The van der Waals surface area contributed by atoms with E-state index in [0.29, 0.717) is 18.5 Å². The van der Waals surface area contributed by atoms with Gasteiger partial charge in [0.05, 0.1) is 15.0 Å². The first-order valence-electron chi connectivity index (χ1n) is 10.4. The van der Waals surface area contributed by atoms with E-state index in [4.69, 9.17) is 4.98 Å². The molecule has 10 heteroatoms. The van der Waals surface area contributed by atoms with Crippen molar-refractivity contribution in [2.24, 2.45) is 0 Å². The summed E-state index contributed by atoms with van der Waals surface area (Å²) in [5.41, 5.74) is 1.37. The van der Waals surface area contributed by atoms with Gasteiger partial charge >= 0.3 is 6.03 Å². The van der Waals surface area contributed by atoms with Gasteiger partial charge in [-0.15, -0.1) is 11.3 Å². The smallest absolute Gasteiger partial charge is 0.325 e. The zero-order valence-electron chi connectivity index (χ0n) is 18.2. The lowest BCUT2D eigenvalue weighted by Gasteiger charge is -2.30. The summed E-state index contributed by atoms with van der Waals surface area (Å²) in [6.07, 6.45) is 2.80. The van der Waals surface area contributed by atoms with Crippen molar-refractivity contribution >= 4 is 45.2 Å². The summed E-state index contributed by atoms with van der Waals surface area (Å²) in [7, 11) is 0. The normalized spacial score (nSPS) is 18.5. The van der Waals surface area contributed by atoms with Gasteiger partial charge in [-0.2, -0.15) is 0 Å². The fourth-order valence-corrected chi connectivity index (χ4v) is 5.54. The Hall–Kier alpha value is -2.04. The highest BCUT2D eigenvalue weighted by Gasteiger charge is 2.43. The molecule has 0 aromatic carbocycles. The van der Waals surface area contributed by atoms with E-state index >= 15 is 0 Å². The van der Waals surface area contributed by atoms with Crippen molar-refractivity contribution in [1.82, 2.24) is 25.1 Å². The standard InChI is InChI=1S/C21H27BrN6O2S/c1-12(2)27-7-5-15-13(11-27)9-16(31-15)17-14(22)10-24-19(25-17)23-6-8-28-18(29)21(3,4)26-20(28)30/h9-10,12H,5-8,11H2,1-4H3,(H,26,30)(H,23,24,25). The van der Waals surface area contributed by atoms with Crippen LogP contribution in [0.15, 0.2) is 16.7 Å². The van der Waals surface area contributed by atoms with Crippen LogP contribution in [-0.2, 0) is 17.8 Å². The molecular weight excluding hydrogens is 480 g/mol. The van der Waals surface area contributed by atoms with Crippen molar-refractivity contribution in [3.63, 3.8) is 0 Å². The van der Waals surface area contributed by atoms with E-state index in [2.05, 4.69) is 56.4 Å². The Kier molecular flexibility index (Phi) is 6.06. The van der Waals surface area contributed by atoms with Crippen LogP contribution in [-0.4, -0.2) is 62.9 Å². The molecule has 0 saturated carbocycles. The number of imide groups is 1. The lowest BCUT2D eigenvalue weighted by atomic mass is 10.1. The van der Waals surface area contributed by atoms with Crippen molar-refractivity contribution in [2.45, 2.75) is 52.2 Å². The SMILES string of the molecule is CC(C)N1CCc2sc(-c3nc(NCCN4C(=O)NC(C)(C)C4=O)ncc3Br)cc2C1. The van der Waals surface area contributed by atoms with Gasteiger partial charge in [0.2, 0.25) is 5.95 Å². The van der Waals surface area contributed by atoms with Gasteiger partial charge in [0.25, 0.3) is 5.91 Å². The molecule has 4 rings (SSSR count). The quantitative estimate of drug-likeness (QED) is 0.582. The van der Waals surface area contributed by atoms with Gasteiger partial charge in [-0.25, -0.2) is 14.8 Å². The Labute approximate surface area is 194 Å². The molecule has 0 atom stereocenters. The van der Waals surface area contributed by atoms with E-state index in [0.717, 1.165) is 34.6 Å². The topological polar surface area (TPSA) is 90.5 Å². The molecule has 2 aliphatic heterocycles. The molecule has 1 saturated heterocycles. The van der Waals surface area contributed by atoms with Gasteiger partial charge < -0.3 is 10.6 Å². The van der Waals surface area contributed by atoms with Gasteiger partial charge in [-0.3, -0.25) is 14.6 Å². The van der Waals surface area contributed by atoms with Gasteiger partial charge in [0.15, 0.2) is 0 Å². The summed E-state index contributed by atoms with van der Waals surface area (Å²) in [6.45, 7) is 10.6. The van der Waals surface area contributed by atoms with E-state index in [9.17, 15) is 9.59 Å². The first kappa shape index (κ1) is 22.2. The van der Waals surface area contributed by atoms with E-state index in [1.807, 2.05) is 0 Å². The Morgan fingerprint density at radius 2 is 2.13 bits per heavy atom. The minimum absolute atomic E-state index is 0.226. The van der Waals surface area contributed by atoms with Crippen molar-refractivity contribution in [1.29, 1.82) is 0 Å². The first-order valence-corrected chi connectivity index (χ1v) is 12.0. The van der Waals surface area contributed by atoms with Crippen LogP contribution in [0.3, 0.4) is 0 Å². The lowest BCUT2D eigenvalue weighted by molar-refractivity contribution is -0.130. The van der Waals surface area contributed by atoms with Crippen LogP contribution in [0, 0.1) is 0 Å². The summed E-state index contributed by atoms with van der Waals surface area (Å²) in [5, 5.41) is 5.82. The number of fused-ring (bicyclic) bond motifs is 1. The minimum atomic E-state index is -0.859. The molecule has 2 N–H and O–H groups in total. The van der Waals surface area contributed by atoms with E-state index in [1.54, 1.807) is 31.4 Å². The molecule has 0 bridgehead atoms. The second kappa shape index (κ2) is 8.48.